The molecule has 5 nitrogen and oxygen atoms in total. The summed E-state index contributed by atoms with van der Waals surface area (Å²) in [6, 6.07) is 12.5. The summed E-state index contributed by atoms with van der Waals surface area (Å²) in [6.45, 7) is 2.30. The molecule has 0 aliphatic carbocycles. The quantitative estimate of drug-likeness (QED) is 0.837. The maximum atomic E-state index is 12.6. The second kappa shape index (κ2) is 8.57. The van der Waals surface area contributed by atoms with Crippen LogP contribution in [0.1, 0.15) is 11.1 Å². The molecule has 0 aromatic heterocycles. The van der Waals surface area contributed by atoms with Crippen molar-refractivity contribution >= 4 is 23.3 Å². The minimum atomic E-state index is -0.305. The third-order valence-corrected chi connectivity index (χ3v) is 3.89. The second-order valence-electron chi connectivity index (χ2n) is 5.35. The summed E-state index contributed by atoms with van der Waals surface area (Å²) >= 11 is 5.99. The van der Waals surface area contributed by atoms with Crippen molar-refractivity contribution in [1.29, 1.82) is 0 Å². The monoisotopic (exact) mass is 348 g/mol. The van der Waals surface area contributed by atoms with Gasteiger partial charge in [-0.2, -0.15) is 0 Å². The number of aryl methyl sites for hydroxylation is 1. The van der Waals surface area contributed by atoms with Crippen molar-refractivity contribution in [3.05, 3.63) is 58.6 Å². The number of nitrogens with zero attached hydrogens (tertiary/aromatic N) is 1. The van der Waals surface area contributed by atoms with E-state index in [9.17, 15) is 9.90 Å². The molecule has 0 spiro atoms. The molecule has 6 heteroatoms. The number of aliphatic hydroxyl groups is 1. The molecule has 0 radical (unpaired) electrons. The van der Waals surface area contributed by atoms with Gasteiger partial charge in [-0.15, -0.1) is 0 Å². The van der Waals surface area contributed by atoms with Gasteiger partial charge in [-0.3, -0.25) is 0 Å². The summed E-state index contributed by atoms with van der Waals surface area (Å²) in [6.07, 6.45) is 0. The van der Waals surface area contributed by atoms with Crippen molar-refractivity contribution in [2.24, 2.45) is 0 Å². The number of para-hydroxylation sites is 1. The Morgan fingerprint density at radius 2 is 2.04 bits per heavy atom. The fraction of sp³-hybridized carbons (Fsp3) is 0.278. The van der Waals surface area contributed by atoms with Crippen LogP contribution in [0.2, 0.25) is 5.02 Å². The molecule has 0 bridgehead atoms. The fourth-order valence-electron chi connectivity index (χ4n) is 2.34. The summed E-state index contributed by atoms with van der Waals surface area (Å²) in [4.78, 5) is 14.1. The number of carbonyl (C=O) groups is 1. The maximum Gasteiger partial charge on any atom is 0.322 e. The highest BCUT2D eigenvalue weighted by Gasteiger charge is 2.16. The molecule has 2 N–H and O–H groups in total. The lowest BCUT2D eigenvalue weighted by molar-refractivity contribution is 0.184. The molecule has 0 saturated carbocycles. The van der Waals surface area contributed by atoms with Crippen LogP contribution in [0.15, 0.2) is 42.5 Å². The zero-order valence-electron chi connectivity index (χ0n) is 13.8. The van der Waals surface area contributed by atoms with Gasteiger partial charge in [-0.1, -0.05) is 35.9 Å². The molecule has 2 aromatic rings. The Kier molecular flexibility index (Phi) is 6.46. The molecule has 2 aromatic carbocycles. The Hall–Kier alpha value is -2.24. The van der Waals surface area contributed by atoms with Crippen molar-refractivity contribution in [2.75, 3.05) is 25.6 Å². The number of amides is 2. The number of anilines is 1. The number of rotatable bonds is 6. The smallest absolute Gasteiger partial charge is 0.322 e. The van der Waals surface area contributed by atoms with Gasteiger partial charge in [-0.25, -0.2) is 4.79 Å². The van der Waals surface area contributed by atoms with Crippen LogP contribution >= 0.6 is 11.6 Å². The number of nitrogens with one attached hydrogen (secondary N) is 1. The first-order valence-electron chi connectivity index (χ1n) is 7.60. The molecule has 0 fully saturated rings. The van der Waals surface area contributed by atoms with Gasteiger partial charge in [0.05, 0.1) is 20.3 Å². The Balaban J connectivity index is 2.17. The molecule has 0 saturated heterocycles. The number of carbonyl (C=O) groups excluding carboxylic acids is 1. The largest absolute Gasteiger partial charge is 0.496 e. The highest BCUT2D eigenvalue weighted by atomic mass is 35.5. The highest BCUT2D eigenvalue weighted by Crippen LogP contribution is 2.22. The van der Waals surface area contributed by atoms with Crippen LogP contribution in [-0.2, 0) is 6.54 Å². The van der Waals surface area contributed by atoms with E-state index in [1.54, 1.807) is 19.2 Å². The molecule has 0 heterocycles. The topological polar surface area (TPSA) is 61.8 Å². The van der Waals surface area contributed by atoms with Gasteiger partial charge in [0.2, 0.25) is 0 Å². The van der Waals surface area contributed by atoms with Crippen molar-refractivity contribution in [3.63, 3.8) is 0 Å². The second-order valence-corrected chi connectivity index (χ2v) is 5.78. The lowest BCUT2D eigenvalue weighted by atomic mass is 10.2. The molecule has 2 amide bonds. The molecule has 0 aliphatic heterocycles. The summed E-state index contributed by atoms with van der Waals surface area (Å²) in [5.74, 6) is 0.701. The first kappa shape index (κ1) is 18.1. The number of ether oxygens (including phenoxy) is 1. The summed E-state index contributed by atoms with van der Waals surface area (Å²) in [5, 5.41) is 12.7. The van der Waals surface area contributed by atoms with E-state index >= 15 is 0 Å². The van der Waals surface area contributed by atoms with Crippen LogP contribution < -0.4 is 10.1 Å². The molecular weight excluding hydrogens is 328 g/mol. The van der Waals surface area contributed by atoms with Crippen LogP contribution in [0.3, 0.4) is 0 Å². The average molecular weight is 349 g/mol. The molecule has 2 rings (SSSR count). The van der Waals surface area contributed by atoms with E-state index in [-0.39, 0.29) is 19.2 Å². The zero-order valence-corrected chi connectivity index (χ0v) is 14.5. The number of halogens is 1. The SMILES string of the molecule is COc1ccccc1CN(CCO)C(=O)Nc1cc(Cl)ccc1C. The number of methoxy groups -OCH3 is 1. The van der Waals surface area contributed by atoms with Crippen LogP contribution in [0, 0.1) is 6.92 Å². The highest BCUT2D eigenvalue weighted by molar-refractivity contribution is 6.31. The predicted octanol–water partition coefficient (Wildman–Crippen LogP) is 3.68. The number of benzene rings is 2. The summed E-state index contributed by atoms with van der Waals surface area (Å²) in [7, 11) is 1.59. The van der Waals surface area contributed by atoms with Crippen LogP contribution in [-0.4, -0.2) is 36.3 Å². The summed E-state index contributed by atoms with van der Waals surface area (Å²) in [5.41, 5.74) is 2.43. The van der Waals surface area contributed by atoms with Crippen LogP contribution in [0.25, 0.3) is 0 Å². The van der Waals surface area contributed by atoms with Gasteiger partial charge in [0.1, 0.15) is 5.75 Å². The Bertz CT molecular complexity index is 706. The van der Waals surface area contributed by atoms with Gasteiger partial charge >= 0.3 is 6.03 Å². The number of urea groups is 1. The first-order chi connectivity index (χ1) is 11.5. The van der Waals surface area contributed by atoms with Gasteiger partial charge < -0.3 is 20.1 Å². The van der Waals surface area contributed by atoms with E-state index in [4.69, 9.17) is 16.3 Å². The molecule has 0 unspecified atom stereocenters. The lowest BCUT2D eigenvalue weighted by Crippen LogP contribution is -2.36. The third-order valence-electron chi connectivity index (χ3n) is 3.65. The Morgan fingerprint density at radius 3 is 2.75 bits per heavy atom. The van der Waals surface area contributed by atoms with E-state index in [1.807, 2.05) is 37.3 Å². The van der Waals surface area contributed by atoms with Gasteiger partial charge in [0, 0.05) is 22.8 Å². The summed E-state index contributed by atoms with van der Waals surface area (Å²) < 4.78 is 5.32. The van der Waals surface area contributed by atoms with E-state index in [0.717, 1.165) is 11.1 Å². The standard InChI is InChI=1S/C18H21ClN2O3/c1-13-7-8-15(19)11-16(13)20-18(23)21(9-10-22)12-14-5-3-4-6-17(14)24-2/h3-8,11,22H,9-10,12H2,1-2H3,(H,20,23). The van der Waals surface area contributed by atoms with Crippen molar-refractivity contribution < 1.29 is 14.6 Å². The number of aliphatic hydroxyl groups excluding tert-OH is 1. The van der Waals surface area contributed by atoms with Crippen LogP contribution in [0.5, 0.6) is 5.75 Å². The van der Waals surface area contributed by atoms with Gasteiger partial charge in [0.15, 0.2) is 0 Å². The van der Waals surface area contributed by atoms with E-state index in [1.165, 1.54) is 4.90 Å². The van der Waals surface area contributed by atoms with Gasteiger partial charge in [0.25, 0.3) is 0 Å². The average Bonchev–Trinajstić information content (AvgIpc) is 2.58. The maximum absolute atomic E-state index is 12.6. The Labute approximate surface area is 146 Å². The normalized spacial score (nSPS) is 10.3. The van der Waals surface area contributed by atoms with Gasteiger partial charge in [-0.05, 0) is 30.7 Å². The molecule has 128 valence electrons. The van der Waals surface area contributed by atoms with Crippen molar-refractivity contribution in [2.45, 2.75) is 13.5 Å². The van der Waals surface area contributed by atoms with Crippen molar-refractivity contribution in [1.82, 2.24) is 4.90 Å². The van der Waals surface area contributed by atoms with Crippen molar-refractivity contribution in [3.8, 4) is 5.75 Å². The van der Waals surface area contributed by atoms with E-state index in [2.05, 4.69) is 5.32 Å². The van der Waals surface area contributed by atoms with Crippen LogP contribution in [0.4, 0.5) is 10.5 Å². The minimum Gasteiger partial charge on any atom is -0.496 e. The lowest BCUT2D eigenvalue weighted by Gasteiger charge is -2.23. The predicted molar refractivity (Wildman–Crippen MR) is 95.7 cm³/mol. The van der Waals surface area contributed by atoms with E-state index in [0.29, 0.717) is 23.0 Å². The minimum absolute atomic E-state index is 0.128. The fourth-order valence-corrected chi connectivity index (χ4v) is 2.51. The zero-order chi connectivity index (χ0) is 17.5. The molecule has 24 heavy (non-hydrogen) atoms. The Morgan fingerprint density at radius 1 is 1.29 bits per heavy atom. The molecular formula is C18H21ClN2O3. The van der Waals surface area contributed by atoms with E-state index < -0.39 is 0 Å². The number of hydrogen-bond acceptors (Lipinski definition) is 3. The number of hydrogen-bond donors (Lipinski definition) is 2. The third kappa shape index (κ3) is 4.63. The molecule has 0 atom stereocenters. The molecule has 0 aliphatic rings. The first-order valence-corrected chi connectivity index (χ1v) is 7.97.